The molecule has 5 heteroatoms. The number of hydrogen-bond acceptors (Lipinski definition) is 3. The van der Waals surface area contributed by atoms with Gasteiger partial charge in [0.1, 0.15) is 10.1 Å². The van der Waals surface area contributed by atoms with Gasteiger partial charge in [-0.1, -0.05) is 91.2 Å². The van der Waals surface area contributed by atoms with E-state index in [1.54, 1.807) is 6.07 Å². The van der Waals surface area contributed by atoms with Gasteiger partial charge in [0, 0.05) is 0 Å². The van der Waals surface area contributed by atoms with Gasteiger partial charge in [0.05, 0.1) is 11.6 Å². The maximum absolute atomic E-state index is 12.9. The van der Waals surface area contributed by atoms with E-state index >= 15 is 0 Å². The summed E-state index contributed by atoms with van der Waals surface area (Å²) < 4.78 is 5.13. The molecule has 1 rings (SSSR count). The highest BCUT2D eigenvalue weighted by atomic mass is 79.9. The van der Waals surface area contributed by atoms with Gasteiger partial charge in [-0.15, -0.1) is 0 Å². The van der Waals surface area contributed by atoms with Crippen LogP contribution in [0.15, 0.2) is 22.7 Å². The first-order valence-corrected chi connectivity index (χ1v) is 12.5. The molecule has 0 radical (unpaired) electrons. The molecular formula is C26H42Br2O3. The number of rotatable bonds is 7. The molecule has 0 heterocycles. The Bertz CT molecular complexity index is 785. The minimum atomic E-state index is -0.808. The Morgan fingerprint density at radius 2 is 1.55 bits per heavy atom. The number of alkyl halides is 1. The van der Waals surface area contributed by atoms with Crippen LogP contribution in [0.5, 0.6) is 5.75 Å². The molecule has 0 spiro atoms. The first kappa shape index (κ1) is 28.5. The third-order valence-electron chi connectivity index (χ3n) is 7.19. The van der Waals surface area contributed by atoms with Crippen molar-refractivity contribution in [3.63, 3.8) is 0 Å². The fraction of sp³-hybridized carbons (Fsp3) is 0.731. The van der Waals surface area contributed by atoms with Crippen molar-refractivity contribution in [3.05, 3.63) is 28.2 Å². The number of benzene rings is 1. The van der Waals surface area contributed by atoms with Gasteiger partial charge < -0.3 is 9.84 Å². The number of halogens is 2. The Labute approximate surface area is 207 Å². The number of esters is 1. The highest BCUT2D eigenvalue weighted by Gasteiger charge is 2.55. The molecule has 0 aliphatic heterocycles. The summed E-state index contributed by atoms with van der Waals surface area (Å²) in [7, 11) is 1.46. The average molecular weight is 562 g/mol. The third-order valence-corrected chi connectivity index (χ3v) is 9.62. The van der Waals surface area contributed by atoms with Crippen molar-refractivity contribution >= 4 is 37.8 Å². The predicted octanol–water partition coefficient (Wildman–Crippen LogP) is 8.47. The van der Waals surface area contributed by atoms with Crippen molar-refractivity contribution in [2.75, 3.05) is 7.11 Å². The topological polar surface area (TPSA) is 46.5 Å². The molecule has 1 N–H and O–H groups in total. The molecule has 0 amide bonds. The fourth-order valence-corrected chi connectivity index (χ4v) is 5.51. The third kappa shape index (κ3) is 6.28. The lowest BCUT2D eigenvalue weighted by atomic mass is 9.53. The van der Waals surface area contributed by atoms with E-state index in [9.17, 15) is 9.90 Å². The Morgan fingerprint density at radius 3 is 1.94 bits per heavy atom. The Hall–Kier alpha value is -0.550. The monoisotopic (exact) mass is 560 g/mol. The molecule has 2 unspecified atom stereocenters. The van der Waals surface area contributed by atoms with Crippen LogP contribution in [0.4, 0.5) is 0 Å². The van der Waals surface area contributed by atoms with Gasteiger partial charge >= 0.3 is 5.97 Å². The Morgan fingerprint density at radius 1 is 1.03 bits per heavy atom. The molecule has 1 aromatic rings. The summed E-state index contributed by atoms with van der Waals surface area (Å²) in [6, 6.07) is 5.82. The summed E-state index contributed by atoms with van der Waals surface area (Å²) in [5.41, 5.74) is 0.578. The van der Waals surface area contributed by atoms with E-state index in [1.165, 1.54) is 12.7 Å². The molecule has 1 aromatic carbocycles. The second kappa shape index (κ2) is 9.37. The van der Waals surface area contributed by atoms with Crippen LogP contribution in [0.3, 0.4) is 0 Å². The highest BCUT2D eigenvalue weighted by molar-refractivity contribution is 9.10. The molecule has 0 aromatic heterocycles. The summed E-state index contributed by atoms with van der Waals surface area (Å²) in [5.74, 6) is 0.227. The molecule has 2 atom stereocenters. The van der Waals surface area contributed by atoms with Gasteiger partial charge in [0.2, 0.25) is 0 Å². The predicted molar refractivity (Wildman–Crippen MR) is 138 cm³/mol. The van der Waals surface area contributed by atoms with Crippen molar-refractivity contribution in [2.24, 2.45) is 21.7 Å². The Kier molecular flexibility index (Phi) is 8.60. The van der Waals surface area contributed by atoms with Gasteiger partial charge in [0.15, 0.2) is 0 Å². The van der Waals surface area contributed by atoms with Gasteiger partial charge in [-0.25, -0.2) is 0 Å². The summed E-state index contributed by atoms with van der Waals surface area (Å²) in [5, 5.41) is 10.0. The van der Waals surface area contributed by atoms with Gasteiger partial charge in [-0.2, -0.15) is 0 Å². The standard InChI is InChI=1S/C26H42Br2O3/c1-22(2,3)15-18(17-12-13-20(29)19(27)14-17)25(9,10)24(7,8)16-26(28,21(30)31-11)23(4,5)6/h12-14,18,29H,15-16H2,1-11H3. The summed E-state index contributed by atoms with van der Waals surface area (Å²) in [6.07, 6.45) is 1.60. The quantitative estimate of drug-likeness (QED) is 0.268. The lowest BCUT2D eigenvalue weighted by Gasteiger charge is -2.53. The number of methoxy groups -OCH3 is 1. The minimum Gasteiger partial charge on any atom is -0.507 e. The molecule has 0 saturated carbocycles. The number of hydrogen-bond donors (Lipinski definition) is 1. The number of phenols is 1. The molecule has 0 saturated heterocycles. The van der Waals surface area contributed by atoms with Crippen molar-refractivity contribution in [3.8, 4) is 5.75 Å². The zero-order chi connectivity index (χ0) is 24.6. The highest BCUT2D eigenvalue weighted by Crippen LogP contribution is 2.59. The summed E-state index contributed by atoms with van der Waals surface area (Å²) in [6.45, 7) is 22.1. The van der Waals surface area contributed by atoms with E-state index in [4.69, 9.17) is 4.74 Å². The van der Waals surface area contributed by atoms with Crippen LogP contribution in [0, 0.1) is 21.7 Å². The molecule has 0 fully saturated rings. The maximum atomic E-state index is 12.9. The number of carbonyl (C=O) groups excluding carboxylic acids is 1. The lowest BCUT2D eigenvalue weighted by molar-refractivity contribution is -0.148. The fourth-order valence-electron chi connectivity index (χ4n) is 4.26. The van der Waals surface area contributed by atoms with Crippen LogP contribution >= 0.6 is 31.9 Å². The van der Waals surface area contributed by atoms with Crippen molar-refractivity contribution in [2.45, 2.75) is 92.3 Å². The van der Waals surface area contributed by atoms with Crippen LogP contribution in [0.2, 0.25) is 0 Å². The molecule has 31 heavy (non-hydrogen) atoms. The van der Waals surface area contributed by atoms with Crippen LogP contribution in [0.25, 0.3) is 0 Å². The van der Waals surface area contributed by atoms with E-state index < -0.39 is 4.32 Å². The summed E-state index contributed by atoms with van der Waals surface area (Å²) >= 11 is 7.33. The zero-order valence-electron chi connectivity index (χ0n) is 21.2. The summed E-state index contributed by atoms with van der Waals surface area (Å²) in [4.78, 5) is 12.9. The SMILES string of the molecule is COC(=O)C(Br)(CC(C)(C)C(C)(C)C(CC(C)(C)C)c1ccc(O)c(Br)c1)C(C)(C)C. The second-order valence-corrected chi connectivity index (χ2v) is 14.6. The largest absolute Gasteiger partial charge is 0.507 e. The molecule has 3 nitrogen and oxygen atoms in total. The first-order valence-electron chi connectivity index (χ1n) is 11.0. The van der Waals surface area contributed by atoms with Gasteiger partial charge in [-0.05, 0) is 74.0 Å². The van der Waals surface area contributed by atoms with Crippen LogP contribution < -0.4 is 0 Å². The van der Waals surface area contributed by atoms with Gasteiger partial charge in [0.25, 0.3) is 0 Å². The van der Waals surface area contributed by atoms with Gasteiger partial charge in [-0.3, -0.25) is 4.79 Å². The minimum absolute atomic E-state index is 0.111. The normalized spacial score (nSPS) is 16.5. The average Bonchev–Trinajstić information content (AvgIpc) is 2.58. The lowest BCUT2D eigenvalue weighted by Crippen LogP contribution is -2.52. The molecule has 178 valence electrons. The molecule has 0 aliphatic rings. The smallest absolute Gasteiger partial charge is 0.323 e. The number of carbonyl (C=O) groups is 1. The molecular weight excluding hydrogens is 520 g/mol. The molecule has 0 aliphatic carbocycles. The number of aromatic hydroxyl groups is 1. The van der Waals surface area contributed by atoms with E-state index in [0.717, 1.165) is 6.42 Å². The van der Waals surface area contributed by atoms with E-state index in [0.29, 0.717) is 10.9 Å². The van der Waals surface area contributed by atoms with Crippen molar-refractivity contribution in [1.82, 2.24) is 0 Å². The van der Waals surface area contributed by atoms with Crippen LogP contribution in [-0.2, 0) is 9.53 Å². The Balaban J connectivity index is 3.58. The van der Waals surface area contributed by atoms with E-state index in [1.807, 2.05) is 12.1 Å². The number of ether oxygens (including phenoxy) is 1. The van der Waals surface area contributed by atoms with Crippen LogP contribution in [-0.4, -0.2) is 22.5 Å². The number of phenolic OH excluding ortho intramolecular Hbond substituents is 1. The van der Waals surface area contributed by atoms with E-state index in [2.05, 4.69) is 101 Å². The second-order valence-electron chi connectivity index (χ2n) is 12.4. The van der Waals surface area contributed by atoms with E-state index in [-0.39, 0.29) is 39.3 Å². The van der Waals surface area contributed by atoms with Crippen molar-refractivity contribution < 1.29 is 14.6 Å². The first-order chi connectivity index (χ1) is 13.7. The van der Waals surface area contributed by atoms with Crippen LogP contribution in [0.1, 0.15) is 93.6 Å². The zero-order valence-corrected chi connectivity index (χ0v) is 24.4. The molecule has 0 bridgehead atoms. The maximum Gasteiger partial charge on any atom is 0.323 e. The van der Waals surface area contributed by atoms with Crippen molar-refractivity contribution in [1.29, 1.82) is 0 Å².